The third-order valence-corrected chi connectivity index (χ3v) is 3.84. The lowest BCUT2D eigenvalue weighted by Gasteiger charge is -2.34. The number of likely N-dealkylation sites (N-methyl/N-ethyl adjacent to an activating group) is 1. The Morgan fingerprint density at radius 3 is 2.47 bits per heavy atom. The van der Waals surface area contributed by atoms with E-state index in [2.05, 4.69) is 67.7 Å². The van der Waals surface area contributed by atoms with Crippen molar-refractivity contribution in [2.24, 2.45) is 0 Å². The molecule has 1 N–H and O–H groups in total. The molecule has 0 fully saturated rings. The van der Waals surface area contributed by atoms with E-state index in [0.29, 0.717) is 0 Å². The number of nitrogens with zero attached hydrogens (tertiary/aromatic N) is 2. The average Bonchev–Trinajstić information content (AvgIpc) is 2.89. The van der Waals surface area contributed by atoms with E-state index in [4.69, 9.17) is 0 Å². The van der Waals surface area contributed by atoms with Gasteiger partial charge in [-0.2, -0.15) is 5.10 Å². The van der Waals surface area contributed by atoms with Crippen molar-refractivity contribution in [1.82, 2.24) is 15.1 Å². The van der Waals surface area contributed by atoms with E-state index < -0.39 is 0 Å². The Hall–Kier alpha value is -1.61. The van der Waals surface area contributed by atoms with Gasteiger partial charge in [0, 0.05) is 29.8 Å². The Kier molecular flexibility index (Phi) is 4.05. The van der Waals surface area contributed by atoms with Crippen LogP contribution >= 0.6 is 0 Å². The van der Waals surface area contributed by atoms with E-state index in [0.717, 1.165) is 6.54 Å². The minimum atomic E-state index is 0.0115. The van der Waals surface area contributed by atoms with Crippen LogP contribution in [0.4, 0.5) is 0 Å². The molecule has 0 saturated heterocycles. The van der Waals surface area contributed by atoms with Crippen LogP contribution in [-0.2, 0) is 12.0 Å². The highest BCUT2D eigenvalue weighted by Gasteiger charge is 2.32. The summed E-state index contributed by atoms with van der Waals surface area (Å²) < 4.78 is 1.97. The molecule has 0 saturated carbocycles. The zero-order chi connectivity index (χ0) is 13.9. The first kappa shape index (κ1) is 13.8. The van der Waals surface area contributed by atoms with E-state index in [-0.39, 0.29) is 11.5 Å². The average molecular weight is 257 g/mol. The Morgan fingerprint density at radius 1 is 1.26 bits per heavy atom. The van der Waals surface area contributed by atoms with Gasteiger partial charge in [-0.05, 0) is 19.5 Å². The molecule has 102 valence electrons. The van der Waals surface area contributed by atoms with Gasteiger partial charge in [-0.15, -0.1) is 0 Å². The van der Waals surface area contributed by atoms with Crippen molar-refractivity contribution < 1.29 is 0 Å². The maximum Gasteiger partial charge on any atom is 0.0537 e. The number of hydrogen-bond acceptors (Lipinski definition) is 2. The highest BCUT2D eigenvalue weighted by Crippen LogP contribution is 2.36. The van der Waals surface area contributed by atoms with Crippen LogP contribution in [-0.4, -0.2) is 16.8 Å². The van der Waals surface area contributed by atoms with Gasteiger partial charge >= 0.3 is 0 Å². The number of benzene rings is 1. The van der Waals surface area contributed by atoms with Crippen LogP contribution in [0.25, 0.3) is 0 Å². The summed E-state index contributed by atoms with van der Waals surface area (Å²) >= 11 is 0. The molecule has 1 heterocycles. The minimum absolute atomic E-state index is 0.0115. The molecule has 0 aliphatic carbocycles. The van der Waals surface area contributed by atoms with Gasteiger partial charge in [0.15, 0.2) is 0 Å². The van der Waals surface area contributed by atoms with E-state index in [1.165, 1.54) is 11.1 Å². The summed E-state index contributed by atoms with van der Waals surface area (Å²) in [5.41, 5.74) is 2.58. The molecule has 1 unspecified atom stereocenters. The van der Waals surface area contributed by atoms with Gasteiger partial charge in [-0.25, -0.2) is 0 Å². The fraction of sp³-hybridized carbons (Fsp3) is 0.438. The van der Waals surface area contributed by atoms with Crippen LogP contribution in [0.1, 0.15) is 37.9 Å². The van der Waals surface area contributed by atoms with Crippen LogP contribution in [0.15, 0.2) is 42.7 Å². The maximum absolute atomic E-state index is 4.39. The van der Waals surface area contributed by atoms with Gasteiger partial charge in [-0.1, -0.05) is 44.2 Å². The van der Waals surface area contributed by atoms with Gasteiger partial charge in [0.2, 0.25) is 0 Å². The Labute approximate surface area is 115 Å². The minimum Gasteiger partial charge on any atom is -0.312 e. The van der Waals surface area contributed by atoms with Gasteiger partial charge in [0.1, 0.15) is 0 Å². The van der Waals surface area contributed by atoms with E-state index >= 15 is 0 Å². The predicted molar refractivity (Wildman–Crippen MR) is 79.2 cm³/mol. The first-order chi connectivity index (χ1) is 9.09. The van der Waals surface area contributed by atoms with Crippen LogP contribution in [0.2, 0.25) is 0 Å². The largest absolute Gasteiger partial charge is 0.312 e. The van der Waals surface area contributed by atoms with Crippen molar-refractivity contribution in [2.45, 2.75) is 38.8 Å². The second-order valence-corrected chi connectivity index (χ2v) is 5.44. The SMILES string of the molecule is CCn1cc(C(NC)C(C)(C)c2ccccc2)cn1. The molecule has 2 rings (SSSR count). The van der Waals surface area contributed by atoms with Crippen molar-refractivity contribution in [3.8, 4) is 0 Å². The number of hydrogen-bond donors (Lipinski definition) is 1. The third kappa shape index (κ3) is 2.71. The topological polar surface area (TPSA) is 29.9 Å². The van der Waals surface area contributed by atoms with Gasteiger partial charge < -0.3 is 5.32 Å². The highest BCUT2D eigenvalue weighted by atomic mass is 15.3. The fourth-order valence-electron chi connectivity index (χ4n) is 2.68. The Morgan fingerprint density at radius 2 is 1.95 bits per heavy atom. The predicted octanol–water partition coefficient (Wildman–Crippen LogP) is 3.14. The molecule has 0 radical (unpaired) electrons. The summed E-state index contributed by atoms with van der Waals surface area (Å²) in [6, 6.07) is 10.9. The quantitative estimate of drug-likeness (QED) is 0.891. The number of aromatic nitrogens is 2. The number of rotatable bonds is 5. The summed E-state index contributed by atoms with van der Waals surface area (Å²) in [5.74, 6) is 0. The van der Waals surface area contributed by atoms with E-state index in [1.807, 2.05) is 17.9 Å². The van der Waals surface area contributed by atoms with Crippen LogP contribution < -0.4 is 5.32 Å². The second kappa shape index (κ2) is 5.57. The summed E-state index contributed by atoms with van der Waals surface area (Å²) in [5, 5.41) is 7.83. The van der Waals surface area contributed by atoms with Crippen molar-refractivity contribution in [2.75, 3.05) is 7.05 Å². The number of aryl methyl sites for hydroxylation is 1. The molecule has 1 atom stereocenters. The smallest absolute Gasteiger partial charge is 0.0537 e. The molecular formula is C16H23N3. The molecular weight excluding hydrogens is 234 g/mol. The van der Waals surface area contributed by atoms with Crippen molar-refractivity contribution in [3.63, 3.8) is 0 Å². The second-order valence-electron chi connectivity index (χ2n) is 5.44. The lowest BCUT2D eigenvalue weighted by molar-refractivity contribution is 0.368. The highest BCUT2D eigenvalue weighted by molar-refractivity contribution is 5.30. The summed E-state index contributed by atoms with van der Waals surface area (Å²) in [4.78, 5) is 0. The fourth-order valence-corrected chi connectivity index (χ4v) is 2.68. The number of nitrogens with one attached hydrogen (secondary N) is 1. The van der Waals surface area contributed by atoms with Crippen LogP contribution in [0.5, 0.6) is 0 Å². The first-order valence-electron chi connectivity index (χ1n) is 6.84. The molecule has 0 spiro atoms. The van der Waals surface area contributed by atoms with Crippen molar-refractivity contribution in [3.05, 3.63) is 53.9 Å². The molecule has 1 aromatic carbocycles. The summed E-state index contributed by atoms with van der Waals surface area (Å²) in [7, 11) is 2.01. The molecule has 3 nitrogen and oxygen atoms in total. The Balaban J connectivity index is 2.35. The molecule has 0 amide bonds. The van der Waals surface area contributed by atoms with E-state index in [9.17, 15) is 0 Å². The molecule has 0 bridgehead atoms. The zero-order valence-corrected chi connectivity index (χ0v) is 12.2. The normalized spacial score (nSPS) is 13.5. The van der Waals surface area contributed by atoms with Gasteiger partial charge in [0.05, 0.1) is 6.20 Å². The first-order valence-corrected chi connectivity index (χ1v) is 6.84. The lowest BCUT2D eigenvalue weighted by Crippen LogP contribution is -2.35. The molecule has 3 heteroatoms. The monoisotopic (exact) mass is 257 g/mol. The van der Waals surface area contributed by atoms with Gasteiger partial charge in [0.25, 0.3) is 0 Å². The summed E-state index contributed by atoms with van der Waals surface area (Å²) in [6.07, 6.45) is 4.10. The molecule has 1 aromatic heterocycles. The van der Waals surface area contributed by atoms with E-state index in [1.54, 1.807) is 0 Å². The van der Waals surface area contributed by atoms with Crippen molar-refractivity contribution in [1.29, 1.82) is 0 Å². The molecule has 19 heavy (non-hydrogen) atoms. The third-order valence-electron chi connectivity index (χ3n) is 3.84. The lowest BCUT2D eigenvalue weighted by atomic mass is 9.75. The Bertz CT molecular complexity index is 514. The maximum atomic E-state index is 4.39. The van der Waals surface area contributed by atoms with Crippen LogP contribution in [0.3, 0.4) is 0 Å². The standard InChI is InChI=1S/C16H23N3/c1-5-19-12-13(11-18-19)15(17-4)16(2,3)14-9-7-6-8-10-14/h6-12,15,17H,5H2,1-4H3. The molecule has 0 aliphatic heterocycles. The molecule has 2 aromatic rings. The molecule has 0 aliphatic rings. The van der Waals surface area contributed by atoms with Gasteiger partial charge in [-0.3, -0.25) is 4.68 Å². The zero-order valence-electron chi connectivity index (χ0n) is 12.2. The van der Waals surface area contributed by atoms with Crippen LogP contribution in [0, 0.1) is 0 Å². The summed E-state index contributed by atoms with van der Waals surface area (Å²) in [6.45, 7) is 7.55. The van der Waals surface area contributed by atoms with Crippen molar-refractivity contribution >= 4 is 0 Å².